The number of halogens is 1. The van der Waals surface area contributed by atoms with E-state index in [1.807, 2.05) is 24.3 Å². The van der Waals surface area contributed by atoms with Gasteiger partial charge in [0.15, 0.2) is 11.5 Å². The topological polar surface area (TPSA) is 30.5 Å². The number of fused-ring (bicyclic) bond motifs is 1. The Morgan fingerprint density at radius 1 is 0.905 bits per heavy atom. The van der Waals surface area contributed by atoms with Crippen molar-refractivity contribution in [3.63, 3.8) is 0 Å². The van der Waals surface area contributed by atoms with Crippen molar-refractivity contribution >= 4 is 11.6 Å². The minimum atomic E-state index is 0.625. The largest absolute Gasteiger partial charge is 0.486 e. The fourth-order valence-electron chi connectivity index (χ4n) is 2.31. The molecule has 0 atom stereocenters. The fraction of sp³-hybridized carbons (Fsp3) is 0.294. The van der Waals surface area contributed by atoms with E-state index in [1.165, 1.54) is 11.1 Å². The second-order valence-corrected chi connectivity index (χ2v) is 5.47. The van der Waals surface area contributed by atoms with Crippen LogP contribution in [0.5, 0.6) is 11.5 Å². The molecule has 21 heavy (non-hydrogen) atoms. The highest BCUT2D eigenvalue weighted by Gasteiger charge is 2.11. The maximum Gasteiger partial charge on any atom is 0.161 e. The highest BCUT2D eigenvalue weighted by atomic mass is 35.5. The first kappa shape index (κ1) is 14.2. The van der Waals surface area contributed by atoms with Crippen molar-refractivity contribution in [1.29, 1.82) is 0 Å². The van der Waals surface area contributed by atoms with Crippen molar-refractivity contribution in [2.45, 2.75) is 13.0 Å². The van der Waals surface area contributed by atoms with Gasteiger partial charge < -0.3 is 14.8 Å². The molecule has 1 N–H and O–H groups in total. The Labute approximate surface area is 129 Å². The van der Waals surface area contributed by atoms with Gasteiger partial charge in [0.05, 0.1) is 0 Å². The lowest BCUT2D eigenvalue weighted by Gasteiger charge is -2.19. The number of ether oxygens (including phenoxy) is 2. The van der Waals surface area contributed by atoms with Gasteiger partial charge in [0.1, 0.15) is 13.2 Å². The number of nitrogens with one attached hydrogen (secondary N) is 1. The van der Waals surface area contributed by atoms with Crippen molar-refractivity contribution in [2.24, 2.45) is 0 Å². The average molecular weight is 304 g/mol. The number of hydrogen-bond donors (Lipinski definition) is 1. The second-order valence-electron chi connectivity index (χ2n) is 5.03. The van der Waals surface area contributed by atoms with Crippen LogP contribution in [0, 0.1) is 0 Å². The van der Waals surface area contributed by atoms with Crippen LogP contribution in [0.15, 0.2) is 42.5 Å². The van der Waals surface area contributed by atoms with Gasteiger partial charge in [-0.15, -0.1) is 0 Å². The van der Waals surface area contributed by atoms with Gasteiger partial charge in [0, 0.05) is 11.6 Å². The number of benzene rings is 2. The van der Waals surface area contributed by atoms with E-state index in [4.69, 9.17) is 21.1 Å². The minimum absolute atomic E-state index is 0.625. The monoisotopic (exact) mass is 303 g/mol. The normalized spacial score (nSPS) is 13.2. The molecular weight excluding hydrogens is 286 g/mol. The van der Waals surface area contributed by atoms with Crippen molar-refractivity contribution in [3.05, 3.63) is 58.6 Å². The van der Waals surface area contributed by atoms with Crippen LogP contribution in [-0.4, -0.2) is 19.8 Å². The van der Waals surface area contributed by atoms with Gasteiger partial charge in [0.25, 0.3) is 0 Å². The summed E-state index contributed by atoms with van der Waals surface area (Å²) >= 11 is 5.87. The molecule has 3 nitrogen and oxygen atoms in total. The van der Waals surface area contributed by atoms with Crippen LogP contribution in [0.1, 0.15) is 11.1 Å². The third-order valence-electron chi connectivity index (χ3n) is 3.44. The Morgan fingerprint density at radius 2 is 1.62 bits per heavy atom. The molecule has 0 aromatic heterocycles. The van der Waals surface area contributed by atoms with Crippen molar-refractivity contribution in [1.82, 2.24) is 5.32 Å². The van der Waals surface area contributed by atoms with Gasteiger partial charge in [-0.3, -0.25) is 0 Å². The molecule has 0 unspecified atom stereocenters. The summed E-state index contributed by atoms with van der Waals surface area (Å²) < 4.78 is 11.1. The van der Waals surface area contributed by atoms with E-state index >= 15 is 0 Å². The first-order valence-electron chi connectivity index (χ1n) is 7.15. The summed E-state index contributed by atoms with van der Waals surface area (Å²) in [7, 11) is 0. The lowest BCUT2D eigenvalue weighted by atomic mass is 10.1. The van der Waals surface area contributed by atoms with Gasteiger partial charge >= 0.3 is 0 Å². The molecule has 1 heterocycles. The van der Waals surface area contributed by atoms with E-state index in [9.17, 15) is 0 Å². The molecule has 0 saturated carbocycles. The Bertz CT molecular complexity index is 598. The molecule has 0 saturated heterocycles. The van der Waals surface area contributed by atoms with Gasteiger partial charge in [0.2, 0.25) is 0 Å². The molecule has 1 aliphatic heterocycles. The van der Waals surface area contributed by atoms with Crippen molar-refractivity contribution in [3.8, 4) is 11.5 Å². The highest BCUT2D eigenvalue weighted by Crippen LogP contribution is 2.30. The average Bonchev–Trinajstić information content (AvgIpc) is 2.53. The van der Waals surface area contributed by atoms with Gasteiger partial charge in [-0.05, 0) is 48.4 Å². The SMILES string of the molecule is Clc1ccc(CCNCc2ccc3c(c2)OCCO3)cc1. The van der Waals surface area contributed by atoms with E-state index in [2.05, 4.69) is 23.5 Å². The van der Waals surface area contributed by atoms with Gasteiger partial charge in [-0.2, -0.15) is 0 Å². The molecule has 0 bridgehead atoms. The summed E-state index contributed by atoms with van der Waals surface area (Å²) in [5.74, 6) is 1.68. The highest BCUT2D eigenvalue weighted by molar-refractivity contribution is 6.30. The zero-order valence-corrected chi connectivity index (χ0v) is 12.5. The molecule has 0 fully saturated rings. The molecule has 1 aliphatic rings. The summed E-state index contributed by atoms with van der Waals surface area (Å²) in [6.07, 6.45) is 0.988. The van der Waals surface area contributed by atoms with E-state index in [1.54, 1.807) is 0 Å². The van der Waals surface area contributed by atoms with Gasteiger partial charge in [-0.25, -0.2) is 0 Å². The Kier molecular flexibility index (Phi) is 4.63. The summed E-state index contributed by atoms with van der Waals surface area (Å²) in [6, 6.07) is 14.1. The summed E-state index contributed by atoms with van der Waals surface area (Å²) in [4.78, 5) is 0. The Morgan fingerprint density at radius 3 is 2.43 bits per heavy atom. The molecule has 110 valence electrons. The number of rotatable bonds is 5. The molecule has 2 aromatic carbocycles. The smallest absolute Gasteiger partial charge is 0.161 e. The van der Waals surface area contributed by atoms with Crippen LogP contribution in [0.4, 0.5) is 0 Å². The van der Waals surface area contributed by atoms with E-state index in [0.717, 1.165) is 36.0 Å². The van der Waals surface area contributed by atoms with Crippen LogP contribution in [0.2, 0.25) is 5.02 Å². The molecule has 0 aliphatic carbocycles. The first-order valence-corrected chi connectivity index (χ1v) is 7.53. The Balaban J connectivity index is 1.48. The van der Waals surface area contributed by atoms with Crippen molar-refractivity contribution in [2.75, 3.05) is 19.8 Å². The zero-order chi connectivity index (χ0) is 14.5. The first-order chi connectivity index (χ1) is 10.3. The van der Waals surface area contributed by atoms with Crippen LogP contribution in [0.3, 0.4) is 0 Å². The van der Waals surface area contributed by atoms with Crippen LogP contribution in [0.25, 0.3) is 0 Å². The zero-order valence-electron chi connectivity index (χ0n) is 11.8. The third-order valence-corrected chi connectivity index (χ3v) is 3.69. The Hall–Kier alpha value is -1.71. The molecule has 3 rings (SSSR count). The van der Waals surface area contributed by atoms with E-state index in [-0.39, 0.29) is 0 Å². The summed E-state index contributed by atoms with van der Waals surface area (Å²) in [6.45, 7) is 3.01. The minimum Gasteiger partial charge on any atom is -0.486 e. The van der Waals surface area contributed by atoms with E-state index < -0.39 is 0 Å². The van der Waals surface area contributed by atoms with E-state index in [0.29, 0.717) is 13.2 Å². The van der Waals surface area contributed by atoms with Crippen LogP contribution < -0.4 is 14.8 Å². The quantitative estimate of drug-likeness (QED) is 0.858. The van der Waals surface area contributed by atoms with Gasteiger partial charge in [-0.1, -0.05) is 29.8 Å². The third kappa shape index (κ3) is 3.90. The number of hydrogen-bond acceptors (Lipinski definition) is 3. The second kappa shape index (κ2) is 6.83. The molecule has 2 aromatic rings. The maximum atomic E-state index is 5.87. The molecule has 0 amide bonds. The molecule has 0 spiro atoms. The molecule has 4 heteroatoms. The summed E-state index contributed by atoms with van der Waals surface area (Å²) in [5, 5.41) is 4.22. The van der Waals surface area contributed by atoms with Crippen LogP contribution >= 0.6 is 11.6 Å². The maximum absolute atomic E-state index is 5.87. The molecular formula is C17H18ClNO2. The predicted molar refractivity (Wildman–Crippen MR) is 84.3 cm³/mol. The van der Waals surface area contributed by atoms with Crippen LogP contribution in [-0.2, 0) is 13.0 Å². The standard InChI is InChI=1S/C17H18ClNO2/c18-15-4-1-13(2-5-15)7-8-19-12-14-3-6-16-17(11-14)21-10-9-20-16/h1-6,11,19H,7-10,12H2. The lowest BCUT2D eigenvalue weighted by molar-refractivity contribution is 0.171. The fourth-order valence-corrected chi connectivity index (χ4v) is 2.44. The lowest BCUT2D eigenvalue weighted by Crippen LogP contribution is -2.18. The van der Waals surface area contributed by atoms with Crippen molar-refractivity contribution < 1.29 is 9.47 Å². The predicted octanol–water partition coefficient (Wildman–Crippen LogP) is 3.44. The summed E-state index contributed by atoms with van der Waals surface area (Å²) in [5.41, 5.74) is 2.49. The molecule has 0 radical (unpaired) electrons.